The normalized spacial score (nSPS) is 14.6. The number of hydrogen-bond donors (Lipinski definition) is 2. The minimum Gasteiger partial charge on any atom is -0.324 e. The number of unbranched alkanes of at least 4 members (excludes halogenated alkanes) is 6. The van der Waals surface area contributed by atoms with E-state index in [0.29, 0.717) is 0 Å². The molecule has 0 bridgehead atoms. The number of rotatable bonds is 13. The molecule has 0 amide bonds. The third kappa shape index (κ3) is 12.6. The Hall–Kier alpha value is 0.110. The minimum absolute atomic E-state index is 0.278. The molecule has 18 heavy (non-hydrogen) atoms. The first-order chi connectivity index (χ1) is 8.62. The Kier molecular flexibility index (Phi) is 12.2. The van der Waals surface area contributed by atoms with Gasteiger partial charge in [-0.3, -0.25) is 4.57 Å². The zero-order chi connectivity index (χ0) is 13.7. The van der Waals surface area contributed by atoms with Crippen molar-refractivity contribution in [3.8, 4) is 0 Å². The highest BCUT2D eigenvalue weighted by atomic mass is 31.2. The molecule has 0 heterocycles. The summed E-state index contributed by atoms with van der Waals surface area (Å²) in [6.45, 7) is 4.34. The Morgan fingerprint density at radius 3 is 2.11 bits per heavy atom. The van der Waals surface area contributed by atoms with Gasteiger partial charge in [0.05, 0.1) is 0 Å². The topological polar surface area (TPSA) is 58.6 Å². The predicted octanol–water partition coefficient (Wildman–Crippen LogP) is 3.55. The molecule has 5 heteroatoms. The Morgan fingerprint density at radius 1 is 1.00 bits per heavy atom. The molecule has 110 valence electrons. The van der Waals surface area contributed by atoms with Gasteiger partial charge in [0, 0.05) is 13.3 Å². The molecule has 2 N–H and O–H groups in total. The van der Waals surface area contributed by atoms with Crippen LogP contribution >= 0.6 is 7.60 Å². The lowest BCUT2D eigenvalue weighted by Crippen LogP contribution is -2.16. The Balaban J connectivity index is 3.10. The SMILES string of the molecule is CCCCCCCNCCCCCP(=O)(O)OC. The molecule has 0 aliphatic carbocycles. The molecule has 1 atom stereocenters. The van der Waals surface area contributed by atoms with E-state index in [0.717, 1.165) is 32.4 Å². The molecule has 0 fully saturated rings. The van der Waals surface area contributed by atoms with E-state index in [-0.39, 0.29) is 6.16 Å². The van der Waals surface area contributed by atoms with Crippen LogP contribution in [-0.4, -0.2) is 31.3 Å². The summed E-state index contributed by atoms with van der Waals surface area (Å²) in [4.78, 5) is 9.18. The second kappa shape index (κ2) is 12.2. The molecule has 0 radical (unpaired) electrons. The van der Waals surface area contributed by atoms with Crippen molar-refractivity contribution in [3.63, 3.8) is 0 Å². The Bertz CT molecular complexity index is 224. The van der Waals surface area contributed by atoms with Crippen LogP contribution in [0, 0.1) is 0 Å². The van der Waals surface area contributed by atoms with Crippen molar-refractivity contribution in [2.24, 2.45) is 0 Å². The fraction of sp³-hybridized carbons (Fsp3) is 1.00. The van der Waals surface area contributed by atoms with Gasteiger partial charge in [0.25, 0.3) is 0 Å². The summed E-state index contributed by atoms with van der Waals surface area (Å²) in [6, 6.07) is 0. The highest BCUT2D eigenvalue weighted by Crippen LogP contribution is 2.41. The summed E-state index contributed by atoms with van der Waals surface area (Å²) in [7, 11) is -1.98. The summed E-state index contributed by atoms with van der Waals surface area (Å²) in [5, 5.41) is 3.41. The maximum absolute atomic E-state index is 11.2. The number of hydrogen-bond acceptors (Lipinski definition) is 3. The van der Waals surface area contributed by atoms with Crippen LogP contribution in [0.2, 0.25) is 0 Å². The van der Waals surface area contributed by atoms with E-state index in [1.54, 1.807) is 0 Å². The minimum atomic E-state index is -3.27. The van der Waals surface area contributed by atoms with Crippen LogP contribution in [0.3, 0.4) is 0 Å². The molecule has 0 aromatic rings. The molecule has 4 nitrogen and oxygen atoms in total. The van der Waals surface area contributed by atoms with Crippen LogP contribution in [0.4, 0.5) is 0 Å². The molecule has 0 saturated carbocycles. The smallest absolute Gasteiger partial charge is 0.324 e. The van der Waals surface area contributed by atoms with Gasteiger partial charge in [0.2, 0.25) is 0 Å². The van der Waals surface area contributed by atoms with Crippen molar-refractivity contribution in [3.05, 3.63) is 0 Å². The standard InChI is InChI=1S/C13H30NO3P/c1-3-4-5-6-8-11-14-12-9-7-10-13-18(15,16)17-2/h14H,3-13H2,1-2H3,(H,15,16). The van der Waals surface area contributed by atoms with Crippen molar-refractivity contribution in [1.29, 1.82) is 0 Å². The fourth-order valence-corrected chi connectivity index (χ4v) is 2.61. The molecule has 0 aliphatic heterocycles. The first kappa shape index (κ1) is 18.1. The molecule has 0 spiro atoms. The summed E-state index contributed by atoms with van der Waals surface area (Å²) in [5.41, 5.74) is 0. The lowest BCUT2D eigenvalue weighted by atomic mass is 10.1. The second-order valence-corrected chi connectivity index (χ2v) is 6.86. The Labute approximate surface area is 112 Å². The van der Waals surface area contributed by atoms with Crippen molar-refractivity contribution < 1.29 is 14.0 Å². The first-order valence-electron chi connectivity index (χ1n) is 7.20. The van der Waals surface area contributed by atoms with Gasteiger partial charge in [-0.1, -0.05) is 39.0 Å². The lowest BCUT2D eigenvalue weighted by molar-refractivity contribution is 0.314. The number of nitrogens with one attached hydrogen (secondary N) is 1. The van der Waals surface area contributed by atoms with Crippen molar-refractivity contribution in [1.82, 2.24) is 5.32 Å². The Morgan fingerprint density at radius 2 is 1.56 bits per heavy atom. The van der Waals surface area contributed by atoms with Crippen LogP contribution < -0.4 is 5.32 Å². The quantitative estimate of drug-likeness (QED) is 0.400. The van der Waals surface area contributed by atoms with Crippen molar-refractivity contribution in [2.75, 3.05) is 26.4 Å². The van der Waals surface area contributed by atoms with E-state index in [2.05, 4.69) is 16.8 Å². The van der Waals surface area contributed by atoms with E-state index in [4.69, 9.17) is 0 Å². The lowest BCUT2D eigenvalue weighted by Gasteiger charge is -2.08. The van der Waals surface area contributed by atoms with Gasteiger partial charge in [-0.05, 0) is 32.4 Å². The zero-order valence-electron chi connectivity index (χ0n) is 12.0. The molecular formula is C13H30NO3P. The van der Waals surface area contributed by atoms with Gasteiger partial charge in [-0.15, -0.1) is 0 Å². The van der Waals surface area contributed by atoms with E-state index in [1.807, 2.05) is 0 Å². The molecule has 0 saturated heterocycles. The predicted molar refractivity (Wildman–Crippen MR) is 77.2 cm³/mol. The molecule has 0 aromatic heterocycles. The average Bonchev–Trinajstić information content (AvgIpc) is 2.36. The largest absolute Gasteiger partial charge is 0.327 e. The van der Waals surface area contributed by atoms with Crippen molar-refractivity contribution >= 4 is 7.60 Å². The van der Waals surface area contributed by atoms with Gasteiger partial charge in [-0.25, -0.2) is 0 Å². The summed E-state index contributed by atoms with van der Waals surface area (Å²) >= 11 is 0. The van der Waals surface area contributed by atoms with Crippen LogP contribution in [-0.2, 0) is 9.09 Å². The van der Waals surface area contributed by atoms with Crippen LogP contribution in [0.15, 0.2) is 0 Å². The maximum Gasteiger partial charge on any atom is 0.327 e. The summed E-state index contributed by atoms with van der Waals surface area (Å²) in [6.07, 6.45) is 9.67. The third-order valence-corrected chi connectivity index (χ3v) is 4.49. The molecule has 1 unspecified atom stereocenters. The summed E-state index contributed by atoms with van der Waals surface area (Å²) < 4.78 is 15.7. The van der Waals surface area contributed by atoms with E-state index >= 15 is 0 Å². The van der Waals surface area contributed by atoms with Gasteiger partial charge in [0.15, 0.2) is 0 Å². The van der Waals surface area contributed by atoms with Gasteiger partial charge in [0.1, 0.15) is 0 Å². The summed E-state index contributed by atoms with van der Waals surface area (Å²) in [5.74, 6) is 0. The van der Waals surface area contributed by atoms with Crippen molar-refractivity contribution in [2.45, 2.75) is 58.3 Å². The molecule has 0 rings (SSSR count). The van der Waals surface area contributed by atoms with Crippen LogP contribution in [0.25, 0.3) is 0 Å². The van der Waals surface area contributed by atoms with Gasteiger partial charge < -0.3 is 14.7 Å². The van der Waals surface area contributed by atoms with E-state index in [1.165, 1.54) is 39.2 Å². The third-order valence-electron chi connectivity index (χ3n) is 3.04. The zero-order valence-corrected chi connectivity index (χ0v) is 12.9. The molecule has 0 aromatic carbocycles. The fourth-order valence-electron chi connectivity index (χ4n) is 1.81. The highest BCUT2D eigenvalue weighted by molar-refractivity contribution is 7.52. The average molecular weight is 279 g/mol. The second-order valence-electron chi connectivity index (χ2n) is 4.77. The van der Waals surface area contributed by atoms with Crippen LogP contribution in [0.1, 0.15) is 58.3 Å². The first-order valence-corrected chi connectivity index (χ1v) is 8.97. The van der Waals surface area contributed by atoms with E-state index in [9.17, 15) is 9.46 Å². The van der Waals surface area contributed by atoms with Gasteiger partial charge in [-0.2, -0.15) is 0 Å². The monoisotopic (exact) mass is 279 g/mol. The maximum atomic E-state index is 11.2. The molecule has 0 aliphatic rings. The van der Waals surface area contributed by atoms with E-state index < -0.39 is 7.60 Å². The van der Waals surface area contributed by atoms with Gasteiger partial charge >= 0.3 is 7.60 Å². The van der Waals surface area contributed by atoms with Crippen LogP contribution in [0.5, 0.6) is 0 Å². The molecular weight excluding hydrogens is 249 g/mol. The highest BCUT2D eigenvalue weighted by Gasteiger charge is 2.15.